The number of hydrogen-bond donors (Lipinski definition) is 2. The number of phenols is 1. The van der Waals surface area contributed by atoms with E-state index in [1.165, 1.54) is 18.2 Å². The third kappa shape index (κ3) is 4.05. The zero-order chi connectivity index (χ0) is 12.3. The van der Waals surface area contributed by atoms with Crippen molar-refractivity contribution in [1.82, 2.24) is 0 Å². The third-order valence-electron chi connectivity index (χ3n) is 2.19. The molecule has 0 heterocycles. The smallest absolute Gasteiger partial charge is 0.270 e. The lowest BCUT2D eigenvalue weighted by atomic mass is 10.00. The van der Waals surface area contributed by atoms with Gasteiger partial charge in [0.1, 0.15) is 5.75 Å². The molecule has 0 unspecified atom stereocenters. The van der Waals surface area contributed by atoms with Gasteiger partial charge < -0.3 is 10.8 Å². The number of benzene rings is 1. The topological polar surface area (TPSA) is 89.4 Å². The van der Waals surface area contributed by atoms with Crippen molar-refractivity contribution in [1.29, 1.82) is 0 Å². The zero-order valence-electron chi connectivity index (χ0n) is 9.42. The van der Waals surface area contributed by atoms with E-state index in [1.54, 1.807) is 0 Å². The Kier molecular flexibility index (Phi) is 5.64. The van der Waals surface area contributed by atoms with E-state index >= 15 is 0 Å². The average Bonchev–Trinajstić information content (AvgIpc) is 2.16. The summed E-state index contributed by atoms with van der Waals surface area (Å²) in [6.45, 7) is 5.53. The summed E-state index contributed by atoms with van der Waals surface area (Å²) < 4.78 is 0. The molecule has 0 saturated heterocycles. The summed E-state index contributed by atoms with van der Waals surface area (Å²) in [6, 6.07) is 3.35. The molecule has 0 aliphatic heterocycles. The number of nitro groups is 1. The van der Waals surface area contributed by atoms with Crippen molar-refractivity contribution < 1.29 is 10.0 Å². The molecule has 6 heteroatoms. The standard InChI is InChI=1S/C11H14N2O3.ClH/c1-7(2)5-10(12)9-6-8(13(15)16)3-4-11(9)14;/h3-4,6,10,14H,1,5,12H2,2H3;1H/t10-;/m1./s1. The molecule has 0 bridgehead atoms. The number of non-ortho nitro benzene ring substituents is 1. The van der Waals surface area contributed by atoms with Crippen molar-refractivity contribution >= 4 is 18.1 Å². The maximum Gasteiger partial charge on any atom is 0.270 e. The number of nitro benzene ring substituents is 1. The molecule has 3 N–H and O–H groups in total. The summed E-state index contributed by atoms with van der Waals surface area (Å²) in [5, 5.41) is 20.1. The number of rotatable bonds is 4. The monoisotopic (exact) mass is 258 g/mol. The first kappa shape index (κ1) is 15.4. The molecule has 17 heavy (non-hydrogen) atoms. The van der Waals surface area contributed by atoms with E-state index in [-0.39, 0.29) is 23.8 Å². The molecule has 0 fully saturated rings. The van der Waals surface area contributed by atoms with Crippen LogP contribution in [0.5, 0.6) is 5.75 Å². The van der Waals surface area contributed by atoms with Crippen LogP contribution in [-0.2, 0) is 0 Å². The van der Waals surface area contributed by atoms with E-state index in [0.29, 0.717) is 12.0 Å². The van der Waals surface area contributed by atoms with Gasteiger partial charge in [0.05, 0.1) is 4.92 Å². The maximum atomic E-state index is 10.6. The highest BCUT2D eigenvalue weighted by atomic mass is 35.5. The quantitative estimate of drug-likeness (QED) is 0.494. The van der Waals surface area contributed by atoms with Crippen molar-refractivity contribution in [2.45, 2.75) is 19.4 Å². The summed E-state index contributed by atoms with van der Waals surface area (Å²) >= 11 is 0. The normalized spacial score (nSPS) is 11.4. The Morgan fingerprint density at radius 3 is 2.71 bits per heavy atom. The number of phenolic OH excluding ortho intramolecular Hbond substituents is 1. The molecular formula is C11H15ClN2O3. The van der Waals surface area contributed by atoms with Gasteiger partial charge in [-0.05, 0) is 19.4 Å². The SMILES string of the molecule is C=C(C)C[C@@H](N)c1cc([N+](=O)[O-])ccc1O.Cl. The summed E-state index contributed by atoms with van der Waals surface area (Å²) in [4.78, 5) is 10.1. The van der Waals surface area contributed by atoms with Gasteiger partial charge in [-0.2, -0.15) is 0 Å². The van der Waals surface area contributed by atoms with Gasteiger partial charge in [-0.1, -0.05) is 5.57 Å². The number of nitrogens with two attached hydrogens (primary N) is 1. The molecule has 0 aromatic heterocycles. The van der Waals surface area contributed by atoms with Gasteiger partial charge in [0, 0.05) is 23.7 Å². The number of halogens is 1. The van der Waals surface area contributed by atoms with Crippen LogP contribution in [0.25, 0.3) is 0 Å². The molecule has 1 aromatic rings. The molecule has 5 nitrogen and oxygen atoms in total. The first-order valence-corrected chi connectivity index (χ1v) is 4.79. The zero-order valence-corrected chi connectivity index (χ0v) is 10.2. The second kappa shape index (κ2) is 6.22. The summed E-state index contributed by atoms with van der Waals surface area (Å²) in [5.41, 5.74) is 6.98. The highest BCUT2D eigenvalue weighted by molar-refractivity contribution is 5.85. The lowest BCUT2D eigenvalue weighted by Crippen LogP contribution is -2.11. The molecule has 94 valence electrons. The Morgan fingerprint density at radius 2 is 2.24 bits per heavy atom. The van der Waals surface area contributed by atoms with E-state index < -0.39 is 11.0 Å². The van der Waals surface area contributed by atoms with Gasteiger partial charge in [0.25, 0.3) is 5.69 Å². The number of hydrogen-bond acceptors (Lipinski definition) is 4. The van der Waals surface area contributed by atoms with Gasteiger partial charge >= 0.3 is 0 Å². The minimum Gasteiger partial charge on any atom is -0.508 e. The van der Waals surface area contributed by atoms with Crippen LogP contribution in [0.2, 0.25) is 0 Å². The average molecular weight is 259 g/mol. The van der Waals surface area contributed by atoms with E-state index in [4.69, 9.17) is 5.73 Å². The first-order valence-electron chi connectivity index (χ1n) is 4.79. The predicted octanol–water partition coefficient (Wildman–Crippen LogP) is 2.69. The van der Waals surface area contributed by atoms with Crippen LogP contribution in [0.1, 0.15) is 24.9 Å². The Labute approximate surface area is 106 Å². The van der Waals surface area contributed by atoms with Crippen LogP contribution in [0, 0.1) is 10.1 Å². The molecule has 0 aliphatic rings. The molecule has 1 rings (SSSR count). The minimum atomic E-state index is -0.517. The Morgan fingerprint density at radius 1 is 1.65 bits per heavy atom. The van der Waals surface area contributed by atoms with Crippen molar-refractivity contribution in [3.8, 4) is 5.75 Å². The fourth-order valence-corrected chi connectivity index (χ4v) is 1.44. The molecule has 1 aromatic carbocycles. The molecular weight excluding hydrogens is 244 g/mol. The molecule has 1 atom stereocenters. The van der Waals surface area contributed by atoms with Gasteiger partial charge in [0.15, 0.2) is 0 Å². The highest BCUT2D eigenvalue weighted by Crippen LogP contribution is 2.29. The highest BCUT2D eigenvalue weighted by Gasteiger charge is 2.15. The van der Waals surface area contributed by atoms with Gasteiger partial charge in [-0.15, -0.1) is 19.0 Å². The predicted molar refractivity (Wildman–Crippen MR) is 68.4 cm³/mol. The van der Waals surface area contributed by atoms with Crippen LogP contribution in [0.4, 0.5) is 5.69 Å². The van der Waals surface area contributed by atoms with E-state index in [1.807, 2.05) is 6.92 Å². The van der Waals surface area contributed by atoms with Gasteiger partial charge in [-0.25, -0.2) is 0 Å². The molecule has 0 amide bonds. The lowest BCUT2D eigenvalue weighted by Gasteiger charge is -2.13. The molecule has 0 radical (unpaired) electrons. The van der Waals surface area contributed by atoms with Crippen LogP contribution in [0.3, 0.4) is 0 Å². The van der Waals surface area contributed by atoms with Gasteiger partial charge in [0.2, 0.25) is 0 Å². The number of nitrogens with zero attached hydrogens (tertiary/aromatic N) is 1. The number of aromatic hydroxyl groups is 1. The van der Waals surface area contributed by atoms with Crippen LogP contribution >= 0.6 is 12.4 Å². The minimum absolute atomic E-state index is 0. The van der Waals surface area contributed by atoms with Crippen LogP contribution in [0.15, 0.2) is 30.4 Å². The van der Waals surface area contributed by atoms with Crippen LogP contribution in [-0.4, -0.2) is 10.0 Å². The summed E-state index contributed by atoms with van der Waals surface area (Å²) in [5.74, 6) is -0.0284. The summed E-state index contributed by atoms with van der Waals surface area (Å²) in [7, 11) is 0. The third-order valence-corrected chi connectivity index (χ3v) is 2.19. The molecule has 0 saturated carbocycles. The largest absolute Gasteiger partial charge is 0.508 e. The Hall–Kier alpha value is -1.59. The Bertz CT molecular complexity index is 435. The first-order chi connectivity index (χ1) is 7.41. The van der Waals surface area contributed by atoms with E-state index in [9.17, 15) is 15.2 Å². The second-order valence-corrected chi connectivity index (χ2v) is 3.77. The van der Waals surface area contributed by atoms with E-state index in [0.717, 1.165) is 5.57 Å². The molecule has 0 spiro atoms. The van der Waals surface area contributed by atoms with Crippen molar-refractivity contribution in [3.05, 3.63) is 46.0 Å². The maximum absolute atomic E-state index is 10.6. The van der Waals surface area contributed by atoms with Crippen molar-refractivity contribution in [3.63, 3.8) is 0 Å². The van der Waals surface area contributed by atoms with Crippen molar-refractivity contribution in [2.75, 3.05) is 0 Å². The summed E-state index contributed by atoms with van der Waals surface area (Å²) in [6.07, 6.45) is 0.481. The fraction of sp³-hybridized carbons (Fsp3) is 0.273. The Balaban J connectivity index is 0.00000256. The van der Waals surface area contributed by atoms with Crippen molar-refractivity contribution in [2.24, 2.45) is 5.73 Å². The molecule has 0 aliphatic carbocycles. The second-order valence-electron chi connectivity index (χ2n) is 3.77. The van der Waals surface area contributed by atoms with Crippen LogP contribution < -0.4 is 5.73 Å². The fourth-order valence-electron chi connectivity index (χ4n) is 1.44. The van der Waals surface area contributed by atoms with E-state index in [2.05, 4.69) is 6.58 Å². The van der Waals surface area contributed by atoms with Gasteiger partial charge in [-0.3, -0.25) is 10.1 Å². The lowest BCUT2D eigenvalue weighted by molar-refractivity contribution is -0.385.